The molecule has 0 aromatic heterocycles. The average molecular weight is 247 g/mol. The summed E-state index contributed by atoms with van der Waals surface area (Å²) in [5, 5.41) is 7.11. The minimum Gasteiger partial charge on any atom is -0.465 e. The second-order valence-corrected chi connectivity index (χ2v) is 5.88. The fourth-order valence-electron chi connectivity index (χ4n) is 0.946. The van der Waals surface area contributed by atoms with Gasteiger partial charge in [0.1, 0.15) is 0 Å². The van der Waals surface area contributed by atoms with Crippen LogP contribution >= 0.6 is 0 Å². The summed E-state index contributed by atoms with van der Waals surface area (Å²) in [5.74, 6) is -1.03. The first-order valence-corrected chi connectivity index (χ1v) is 6.92. The number of hydrogen-bond acceptors (Lipinski definition) is 5. The summed E-state index contributed by atoms with van der Waals surface area (Å²) in [4.78, 5) is 11.3. The second-order valence-electron chi connectivity index (χ2n) is 3.44. The molecule has 0 spiro atoms. The summed E-state index contributed by atoms with van der Waals surface area (Å²) >= 11 is 0. The summed E-state index contributed by atoms with van der Waals surface area (Å²) in [6.07, 6.45) is 1.49. The molecule has 0 saturated carbocycles. The fraction of sp³-hybridized carbons (Fsp3) is 0.800. The van der Waals surface area contributed by atoms with Crippen molar-refractivity contribution < 1.29 is 17.9 Å². The van der Waals surface area contributed by atoms with E-state index >= 15 is 0 Å². The number of rotatable bonds is 7. The van der Waals surface area contributed by atoms with E-state index in [1.54, 1.807) is 6.07 Å². The summed E-state index contributed by atoms with van der Waals surface area (Å²) in [7, 11) is -3.56. The molecule has 0 rings (SSSR count). The number of carbonyl (C=O) groups excluding carboxylic acids is 1. The third-order valence-electron chi connectivity index (χ3n) is 2.11. The van der Waals surface area contributed by atoms with Crippen molar-refractivity contribution in [2.75, 3.05) is 12.4 Å². The summed E-state index contributed by atoms with van der Waals surface area (Å²) in [6.45, 7) is 3.48. The van der Waals surface area contributed by atoms with Gasteiger partial charge in [0.2, 0.25) is 0 Å². The molecule has 1 unspecified atom stereocenters. The quantitative estimate of drug-likeness (QED) is 0.496. The van der Waals surface area contributed by atoms with Crippen molar-refractivity contribution in [1.82, 2.24) is 0 Å². The van der Waals surface area contributed by atoms with E-state index in [1.165, 1.54) is 6.92 Å². The van der Waals surface area contributed by atoms with Crippen LogP contribution in [0.1, 0.15) is 33.1 Å². The van der Waals surface area contributed by atoms with Gasteiger partial charge in [-0.25, -0.2) is 8.42 Å². The summed E-state index contributed by atoms with van der Waals surface area (Å²) in [5.41, 5.74) is 0. The van der Waals surface area contributed by atoms with Crippen LogP contribution in [0.4, 0.5) is 0 Å². The number of nitrogens with zero attached hydrogens (tertiary/aromatic N) is 1. The van der Waals surface area contributed by atoms with E-state index in [0.29, 0.717) is 0 Å². The first-order chi connectivity index (χ1) is 7.45. The molecule has 0 N–H and O–H groups in total. The Hall–Kier alpha value is -1.09. The largest absolute Gasteiger partial charge is 0.465 e. The van der Waals surface area contributed by atoms with Gasteiger partial charge in [-0.3, -0.25) is 4.79 Å². The number of hydrogen-bond donors (Lipinski definition) is 0. The Morgan fingerprint density at radius 1 is 1.50 bits per heavy atom. The van der Waals surface area contributed by atoms with Crippen molar-refractivity contribution in [3.8, 4) is 6.07 Å². The molecule has 1 atom stereocenters. The Bertz CT molecular complexity index is 356. The Balaban J connectivity index is 4.26. The van der Waals surface area contributed by atoms with Crippen molar-refractivity contribution in [1.29, 1.82) is 5.26 Å². The van der Waals surface area contributed by atoms with Crippen LogP contribution in [0.5, 0.6) is 0 Å². The maximum atomic E-state index is 11.5. The molecule has 0 radical (unpaired) electrons. The molecule has 16 heavy (non-hydrogen) atoms. The van der Waals surface area contributed by atoms with E-state index in [9.17, 15) is 13.2 Å². The van der Waals surface area contributed by atoms with Crippen LogP contribution in [0.3, 0.4) is 0 Å². The van der Waals surface area contributed by atoms with Gasteiger partial charge in [0.15, 0.2) is 15.1 Å². The monoisotopic (exact) mass is 247 g/mol. The van der Waals surface area contributed by atoms with Crippen molar-refractivity contribution in [3.05, 3.63) is 0 Å². The minimum absolute atomic E-state index is 0.102. The zero-order valence-electron chi connectivity index (χ0n) is 9.60. The van der Waals surface area contributed by atoms with Crippen molar-refractivity contribution in [2.24, 2.45) is 0 Å². The first-order valence-electron chi connectivity index (χ1n) is 5.20. The SMILES string of the molecule is CCCCOC(=O)C(C)S(=O)(=O)CCC#N. The van der Waals surface area contributed by atoms with E-state index in [-0.39, 0.29) is 18.8 Å². The third-order valence-corrected chi connectivity index (χ3v) is 4.15. The van der Waals surface area contributed by atoms with Gasteiger partial charge in [-0.15, -0.1) is 0 Å². The third kappa shape index (κ3) is 5.12. The van der Waals surface area contributed by atoms with Gasteiger partial charge in [0, 0.05) is 6.42 Å². The Morgan fingerprint density at radius 2 is 2.12 bits per heavy atom. The maximum Gasteiger partial charge on any atom is 0.324 e. The number of unbranched alkanes of at least 4 members (excludes halogenated alkanes) is 1. The molecule has 6 heteroatoms. The van der Waals surface area contributed by atoms with E-state index < -0.39 is 21.1 Å². The molecule has 92 valence electrons. The van der Waals surface area contributed by atoms with Crippen LogP contribution in [0, 0.1) is 11.3 Å². The van der Waals surface area contributed by atoms with E-state index in [1.807, 2.05) is 6.92 Å². The second kappa shape index (κ2) is 7.23. The number of sulfone groups is 1. The predicted octanol–water partition coefficient (Wildman–Crippen LogP) is 1.05. The normalized spacial score (nSPS) is 12.8. The summed E-state index contributed by atoms with van der Waals surface area (Å²) < 4.78 is 27.8. The molecule has 0 fully saturated rings. The highest BCUT2D eigenvalue weighted by Crippen LogP contribution is 2.06. The van der Waals surface area contributed by atoms with Gasteiger partial charge < -0.3 is 4.74 Å². The van der Waals surface area contributed by atoms with Crippen LogP contribution in [0.25, 0.3) is 0 Å². The highest BCUT2D eigenvalue weighted by atomic mass is 32.2. The van der Waals surface area contributed by atoms with Crippen LogP contribution < -0.4 is 0 Å². The van der Waals surface area contributed by atoms with Gasteiger partial charge in [-0.2, -0.15) is 5.26 Å². The highest BCUT2D eigenvalue weighted by Gasteiger charge is 2.28. The smallest absolute Gasteiger partial charge is 0.324 e. The minimum atomic E-state index is -3.56. The standard InChI is InChI=1S/C10H17NO4S/c1-3-4-7-15-10(12)9(2)16(13,14)8-5-6-11/h9H,3-5,7-8H2,1-2H3. The molecule has 0 aliphatic carbocycles. The molecular weight excluding hydrogens is 230 g/mol. The van der Waals surface area contributed by atoms with Crippen molar-refractivity contribution >= 4 is 15.8 Å². The number of nitriles is 1. The van der Waals surface area contributed by atoms with Gasteiger partial charge >= 0.3 is 5.97 Å². The highest BCUT2D eigenvalue weighted by molar-refractivity contribution is 7.92. The Labute approximate surface area is 96.3 Å². The lowest BCUT2D eigenvalue weighted by Crippen LogP contribution is -2.31. The van der Waals surface area contributed by atoms with Crippen molar-refractivity contribution in [3.63, 3.8) is 0 Å². The first kappa shape index (κ1) is 14.9. The number of ether oxygens (including phenoxy) is 1. The fourth-order valence-corrected chi connectivity index (χ4v) is 2.04. The molecular formula is C10H17NO4S. The molecule has 0 aromatic carbocycles. The molecule has 0 bridgehead atoms. The molecule has 0 saturated heterocycles. The van der Waals surface area contributed by atoms with Crippen LogP contribution in [-0.2, 0) is 19.4 Å². The van der Waals surface area contributed by atoms with E-state index in [0.717, 1.165) is 12.8 Å². The lowest BCUT2D eigenvalue weighted by molar-refractivity contribution is -0.142. The lowest BCUT2D eigenvalue weighted by Gasteiger charge is -2.11. The molecule has 0 heterocycles. The molecule has 5 nitrogen and oxygen atoms in total. The Kier molecular flexibility index (Phi) is 6.74. The van der Waals surface area contributed by atoms with Gasteiger partial charge in [-0.05, 0) is 13.3 Å². The number of carbonyl (C=O) groups is 1. The number of esters is 1. The van der Waals surface area contributed by atoms with Crippen LogP contribution in [-0.4, -0.2) is 32.0 Å². The lowest BCUT2D eigenvalue weighted by atomic mass is 10.4. The molecule has 0 aliphatic rings. The predicted molar refractivity (Wildman–Crippen MR) is 59.3 cm³/mol. The van der Waals surface area contributed by atoms with E-state index in [2.05, 4.69) is 0 Å². The van der Waals surface area contributed by atoms with Gasteiger partial charge in [-0.1, -0.05) is 13.3 Å². The van der Waals surface area contributed by atoms with Crippen molar-refractivity contribution in [2.45, 2.75) is 38.4 Å². The Morgan fingerprint density at radius 3 is 2.62 bits per heavy atom. The topological polar surface area (TPSA) is 84.2 Å². The van der Waals surface area contributed by atoms with E-state index in [4.69, 9.17) is 10.00 Å². The molecule has 0 amide bonds. The van der Waals surface area contributed by atoms with Crippen LogP contribution in [0.2, 0.25) is 0 Å². The van der Waals surface area contributed by atoms with Gasteiger partial charge in [0.25, 0.3) is 0 Å². The summed E-state index contributed by atoms with van der Waals surface area (Å²) in [6, 6.07) is 1.74. The zero-order valence-corrected chi connectivity index (χ0v) is 10.4. The van der Waals surface area contributed by atoms with Crippen LogP contribution in [0.15, 0.2) is 0 Å². The van der Waals surface area contributed by atoms with Gasteiger partial charge in [0.05, 0.1) is 18.4 Å². The molecule has 0 aromatic rings. The zero-order chi connectivity index (χ0) is 12.6. The molecule has 0 aliphatic heterocycles. The maximum absolute atomic E-state index is 11.5. The average Bonchev–Trinajstić information content (AvgIpc) is 2.25.